The highest BCUT2D eigenvalue weighted by atomic mass is 16.7. The molecule has 20 heavy (non-hydrogen) atoms. The van der Waals surface area contributed by atoms with E-state index in [1.807, 2.05) is 19.1 Å². The summed E-state index contributed by atoms with van der Waals surface area (Å²) in [5, 5.41) is 0. The van der Waals surface area contributed by atoms with Gasteiger partial charge in [-0.3, -0.25) is 0 Å². The Kier molecular flexibility index (Phi) is 11.0. The molecule has 0 aromatic carbocycles. The number of hydrogen-bond acceptors (Lipinski definition) is 5. The van der Waals surface area contributed by atoms with Gasteiger partial charge in [-0.1, -0.05) is 26.0 Å². The zero-order chi connectivity index (χ0) is 15.5. The third kappa shape index (κ3) is 6.33. The summed E-state index contributed by atoms with van der Waals surface area (Å²) in [5.74, 6) is 0.344. The minimum atomic E-state index is -0.304. The van der Waals surface area contributed by atoms with Crippen molar-refractivity contribution in [2.45, 2.75) is 32.3 Å². The second-order valence-corrected chi connectivity index (χ2v) is 4.92. The summed E-state index contributed by atoms with van der Waals surface area (Å²) in [7, 11) is 8.31. The molecule has 0 aliphatic carbocycles. The zero-order valence-corrected chi connectivity index (χ0v) is 13.8. The van der Waals surface area contributed by atoms with Crippen molar-refractivity contribution in [1.82, 2.24) is 0 Å². The van der Waals surface area contributed by atoms with E-state index in [1.54, 1.807) is 35.5 Å². The molecule has 0 bridgehead atoms. The number of methoxy groups -OCH3 is 5. The lowest BCUT2D eigenvalue weighted by Crippen LogP contribution is -2.33. The van der Waals surface area contributed by atoms with Gasteiger partial charge in [0, 0.05) is 47.4 Å². The maximum absolute atomic E-state index is 5.50. The molecule has 0 radical (unpaired) electrons. The van der Waals surface area contributed by atoms with Crippen LogP contribution >= 0.6 is 0 Å². The van der Waals surface area contributed by atoms with Gasteiger partial charge in [0.15, 0.2) is 6.29 Å². The molecule has 0 saturated carbocycles. The maximum atomic E-state index is 5.50. The molecular weight excluding hydrogens is 260 g/mol. The van der Waals surface area contributed by atoms with Gasteiger partial charge in [-0.05, 0) is 0 Å². The van der Waals surface area contributed by atoms with Crippen molar-refractivity contribution >= 4 is 0 Å². The molecule has 0 aromatic heterocycles. The molecule has 0 fully saturated rings. The molecule has 4 atom stereocenters. The lowest BCUT2D eigenvalue weighted by Gasteiger charge is -2.27. The lowest BCUT2D eigenvalue weighted by atomic mass is 10.00. The van der Waals surface area contributed by atoms with Crippen molar-refractivity contribution in [3.05, 3.63) is 12.2 Å². The summed E-state index contributed by atoms with van der Waals surface area (Å²) < 4.78 is 26.7. The van der Waals surface area contributed by atoms with Crippen molar-refractivity contribution in [1.29, 1.82) is 0 Å². The van der Waals surface area contributed by atoms with Crippen molar-refractivity contribution in [2.24, 2.45) is 11.8 Å². The molecule has 0 saturated heterocycles. The SMILES string of the molecule is COCC(C)C(C=CC(OC)C(C)C(OC)OC)OC. The predicted octanol–water partition coefficient (Wildman–Crippen LogP) is 2.11. The van der Waals surface area contributed by atoms with Crippen LogP contribution in [0.5, 0.6) is 0 Å². The average molecular weight is 290 g/mol. The second-order valence-electron chi connectivity index (χ2n) is 4.92. The van der Waals surface area contributed by atoms with E-state index in [0.29, 0.717) is 6.61 Å². The first-order valence-electron chi connectivity index (χ1n) is 6.84. The Bertz CT molecular complexity index is 253. The van der Waals surface area contributed by atoms with Gasteiger partial charge in [-0.2, -0.15) is 0 Å². The van der Waals surface area contributed by atoms with Crippen LogP contribution in [0.25, 0.3) is 0 Å². The monoisotopic (exact) mass is 290 g/mol. The van der Waals surface area contributed by atoms with Gasteiger partial charge < -0.3 is 23.7 Å². The molecule has 0 aliphatic rings. The fraction of sp³-hybridized carbons (Fsp3) is 0.867. The Morgan fingerprint density at radius 2 is 1.25 bits per heavy atom. The molecule has 120 valence electrons. The average Bonchev–Trinajstić information content (AvgIpc) is 2.45. The molecule has 0 aromatic rings. The van der Waals surface area contributed by atoms with E-state index in [9.17, 15) is 0 Å². The van der Waals surface area contributed by atoms with E-state index in [4.69, 9.17) is 23.7 Å². The largest absolute Gasteiger partial charge is 0.384 e. The Balaban J connectivity index is 4.70. The minimum absolute atomic E-state index is 0.0108. The van der Waals surface area contributed by atoms with Crippen LogP contribution in [0.1, 0.15) is 13.8 Å². The van der Waals surface area contributed by atoms with Crippen LogP contribution in [-0.4, -0.2) is 60.7 Å². The summed E-state index contributed by atoms with van der Waals surface area (Å²) in [4.78, 5) is 0. The van der Waals surface area contributed by atoms with Crippen LogP contribution in [0.4, 0.5) is 0 Å². The van der Waals surface area contributed by atoms with Crippen molar-refractivity contribution < 1.29 is 23.7 Å². The first kappa shape index (κ1) is 19.5. The highest BCUT2D eigenvalue weighted by Gasteiger charge is 2.24. The molecule has 5 heteroatoms. The van der Waals surface area contributed by atoms with E-state index in [-0.39, 0.29) is 30.3 Å². The van der Waals surface area contributed by atoms with Gasteiger partial charge in [0.25, 0.3) is 0 Å². The maximum Gasteiger partial charge on any atom is 0.162 e. The molecule has 4 unspecified atom stereocenters. The summed E-state index contributed by atoms with van der Waals surface area (Å²) in [6.07, 6.45) is 3.59. The smallest absolute Gasteiger partial charge is 0.162 e. The molecule has 0 aliphatic heterocycles. The van der Waals surface area contributed by atoms with Crippen molar-refractivity contribution in [2.75, 3.05) is 42.2 Å². The van der Waals surface area contributed by atoms with Crippen LogP contribution < -0.4 is 0 Å². The quantitative estimate of drug-likeness (QED) is 0.431. The number of hydrogen-bond donors (Lipinski definition) is 0. The topological polar surface area (TPSA) is 46.2 Å². The summed E-state index contributed by atoms with van der Waals surface area (Å²) in [6, 6.07) is 0. The van der Waals surface area contributed by atoms with Gasteiger partial charge in [0.2, 0.25) is 0 Å². The van der Waals surface area contributed by atoms with E-state index < -0.39 is 0 Å². The van der Waals surface area contributed by atoms with Crippen molar-refractivity contribution in [3.8, 4) is 0 Å². The molecule has 0 spiro atoms. The minimum Gasteiger partial charge on any atom is -0.384 e. The summed E-state index contributed by atoms with van der Waals surface area (Å²) in [6.45, 7) is 4.76. The summed E-state index contributed by atoms with van der Waals surface area (Å²) >= 11 is 0. The Morgan fingerprint density at radius 3 is 1.65 bits per heavy atom. The highest BCUT2D eigenvalue weighted by molar-refractivity contribution is 4.98. The van der Waals surface area contributed by atoms with Crippen LogP contribution in [0.15, 0.2) is 12.2 Å². The van der Waals surface area contributed by atoms with Gasteiger partial charge >= 0.3 is 0 Å². The lowest BCUT2D eigenvalue weighted by molar-refractivity contribution is -0.153. The van der Waals surface area contributed by atoms with Crippen LogP contribution in [-0.2, 0) is 23.7 Å². The first-order valence-corrected chi connectivity index (χ1v) is 6.84. The van der Waals surface area contributed by atoms with E-state index in [0.717, 1.165) is 0 Å². The Hall–Kier alpha value is -0.460. The van der Waals surface area contributed by atoms with Gasteiger partial charge in [0.05, 0.1) is 18.8 Å². The molecular formula is C15H30O5. The van der Waals surface area contributed by atoms with E-state index in [1.165, 1.54) is 0 Å². The standard InChI is InChI=1S/C15H30O5/c1-11(10-16-3)13(17-4)8-9-14(18-5)12(2)15(19-6)20-7/h8-9,11-15H,10H2,1-7H3. The Labute approximate surface area is 123 Å². The third-order valence-electron chi connectivity index (χ3n) is 3.44. The van der Waals surface area contributed by atoms with Crippen LogP contribution in [0.2, 0.25) is 0 Å². The highest BCUT2D eigenvalue weighted by Crippen LogP contribution is 2.18. The van der Waals surface area contributed by atoms with Gasteiger partial charge in [0.1, 0.15) is 0 Å². The third-order valence-corrected chi connectivity index (χ3v) is 3.44. The number of rotatable bonds is 11. The molecule has 0 rings (SSSR count). The van der Waals surface area contributed by atoms with Gasteiger partial charge in [-0.15, -0.1) is 0 Å². The number of ether oxygens (including phenoxy) is 5. The molecule has 0 heterocycles. The normalized spacial score (nSPS) is 18.4. The van der Waals surface area contributed by atoms with Gasteiger partial charge in [-0.25, -0.2) is 0 Å². The van der Waals surface area contributed by atoms with E-state index in [2.05, 4.69) is 6.92 Å². The van der Waals surface area contributed by atoms with Crippen molar-refractivity contribution in [3.63, 3.8) is 0 Å². The summed E-state index contributed by atoms with van der Waals surface area (Å²) in [5.41, 5.74) is 0. The Morgan fingerprint density at radius 1 is 0.750 bits per heavy atom. The first-order chi connectivity index (χ1) is 9.55. The fourth-order valence-electron chi connectivity index (χ4n) is 2.23. The molecule has 0 amide bonds. The van der Waals surface area contributed by atoms with Crippen LogP contribution in [0, 0.1) is 11.8 Å². The van der Waals surface area contributed by atoms with E-state index >= 15 is 0 Å². The zero-order valence-electron chi connectivity index (χ0n) is 13.8. The van der Waals surface area contributed by atoms with Crippen LogP contribution in [0.3, 0.4) is 0 Å². The molecule has 5 nitrogen and oxygen atoms in total. The fourth-order valence-corrected chi connectivity index (χ4v) is 2.23. The predicted molar refractivity (Wildman–Crippen MR) is 78.7 cm³/mol. The molecule has 0 N–H and O–H groups in total. The second kappa shape index (κ2) is 11.2.